The molecule has 0 aromatic heterocycles. The minimum atomic E-state index is 0.889. The molecule has 0 aromatic carbocycles. The maximum Gasteiger partial charge on any atom is 0.211 e. The van der Waals surface area contributed by atoms with E-state index in [2.05, 4.69) is 0 Å². The summed E-state index contributed by atoms with van der Waals surface area (Å²) in [6.45, 7) is 0.889. The molecule has 1 rings (SSSR count). The van der Waals surface area contributed by atoms with Gasteiger partial charge in [0.25, 0.3) is 0 Å². The molecule has 0 radical (unpaired) electrons. The summed E-state index contributed by atoms with van der Waals surface area (Å²) < 4.78 is 4.76. The zero-order valence-corrected chi connectivity index (χ0v) is 4.42. The van der Waals surface area contributed by atoms with Crippen molar-refractivity contribution in [2.24, 2.45) is 0 Å². The van der Waals surface area contributed by atoms with E-state index in [0.717, 1.165) is 13.0 Å². The van der Waals surface area contributed by atoms with Crippen LogP contribution in [0.25, 0.3) is 0 Å². The maximum atomic E-state index is 5.50. The largest absolute Gasteiger partial charge is 0.501 e. The van der Waals surface area contributed by atoms with E-state index in [1.807, 2.05) is 11.0 Å². The standard InChI is InChI=1S/C4H6O.H2N3/c1-2-4-5-3-1;1-3-2/h1,3H,2,4H2;1-2H/q;+1. The Hall–Kier alpha value is -1.15. The van der Waals surface area contributed by atoms with Crippen molar-refractivity contribution in [3.05, 3.63) is 12.3 Å². The number of nitrogens with zero attached hydrogens (tertiary/aromatic N) is 1. The fourth-order valence-corrected chi connectivity index (χ4v) is 0.340. The molecule has 4 nitrogen and oxygen atoms in total. The van der Waals surface area contributed by atoms with Gasteiger partial charge in [-0.05, 0) is 6.08 Å². The lowest BCUT2D eigenvalue weighted by Gasteiger charge is -1.79. The van der Waals surface area contributed by atoms with Crippen molar-refractivity contribution in [1.82, 2.24) is 4.91 Å². The van der Waals surface area contributed by atoms with Crippen molar-refractivity contribution in [2.45, 2.75) is 6.42 Å². The van der Waals surface area contributed by atoms with Crippen LogP contribution in [0.5, 0.6) is 0 Å². The second-order valence-corrected chi connectivity index (χ2v) is 1.14. The summed E-state index contributed by atoms with van der Waals surface area (Å²) in [6.07, 6.45) is 4.85. The van der Waals surface area contributed by atoms with Gasteiger partial charge in [-0.15, -0.1) is 0 Å². The van der Waals surface area contributed by atoms with E-state index in [4.69, 9.17) is 15.8 Å². The molecule has 0 unspecified atom stereocenters. The van der Waals surface area contributed by atoms with E-state index >= 15 is 0 Å². The molecule has 0 aromatic rings. The summed E-state index contributed by atoms with van der Waals surface area (Å²) in [5.74, 6) is 0. The summed E-state index contributed by atoms with van der Waals surface area (Å²) in [5.41, 5.74) is 11.0. The predicted octanol–water partition coefficient (Wildman–Crippen LogP) is 1.04. The Labute approximate surface area is 47.2 Å². The van der Waals surface area contributed by atoms with Crippen LogP contribution in [0.4, 0.5) is 0 Å². The van der Waals surface area contributed by atoms with Crippen molar-refractivity contribution in [2.75, 3.05) is 6.61 Å². The van der Waals surface area contributed by atoms with E-state index in [-0.39, 0.29) is 0 Å². The Kier molecular flexibility index (Phi) is 5.01. The second kappa shape index (κ2) is 5.85. The molecule has 1 aliphatic rings. The van der Waals surface area contributed by atoms with Crippen molar-refractivity contribution in [1.29, 1.82) is 11.1 Å². The van der Waals surface area contributed by atoms with E-state index in [1.165, 1.54) is 0 Å². The van der Waals surface area contributed by atoms with Crippen molar-refractivity contribution < 1.29 is 4.74 Å². The van der Waals surface area contributed by atoms with Crippen LogP contribution < -0.4 is 4.91 Å². The van der Waals surface area contributed by atoms with Crippen LogP contribution in [-0.2, 0) is 4.74 Å². The highest BCUT2D eigenvalue weighted by molar-refractivity contribution is 4.78. The van der Waals surface area contributed by atoms with Gasteiger partial charge >= 0.3 is 0 Å². The Bertz CT molecular complexity index is 97.9. The van der Waals surface area contributed by atoms with Gasteiger partial charge < -0.3 is 4.74 Å². The van der Waals surface area contributed by atoms with Crippen molar-refractivity contribution in [3.8, 4) is 0 Å². The zero-order chi connectivity index (χ0) is 6.24. The fourth-order valence-electron chi connectivity index (χ4n) is 0.340. The van der Waals surface area contributed by atoms with E-state index < -0.39 is 0 Å². The minimum absolute atomic E-state index is 0.889. The third-order valence-corrected chi connectivity index (χ3v) is 0.595. The first-order valence-electron chi connectivity index (χ1n) is 2.21. The average Bonchev–Trinajstić information content (AvgIpc) is 2.17. The molecular formula is C4H8N3O+. The molecule has 0 saturated carbocycles. The molecule has 4 heteroatoms. The molecule has 0 saturated heterocycles. The highest BCUT2D eigenvalue weighted by Crippen LogP contribution is 1.93. The third kappa shape index (κ3) is 4.85. The van der Waals surface area contributed by atoms with E-state index in [0.29, 0.717) is 0 Å². The topological polar surface area (TPSA) is 71.0 Å². The highest BCUT2D eigenvalue weighted by Gasteiger charge is 1.83. The monoisotopic (exact) mass is 114 g/mol. The van der Waals surface area contributed by atoms with Gasteiger partial charge in [-0.3, -0.25) is 0 Å². The van der Waals surface area contributed by atoms with Gasteiger partial charge in [0.15, 0.2) is 0 Å². The fraction of sp³-hybridized carbons (Fsp3) is 0.500. The number of nitrogens with one attached hydrogen (secondary N) is 2. The molecule has 0 bridgehead atoms. The quantitative estimate of drug-likeness (QED) is 0.358. The number of hydrogen-bond donors (Lipinski definition) is 2. The van der Waals surface area contributed by atoms with Crippen LogP contribution >= 0.6 is 0 Å². The molecule has 1 heterocycles. The van der Waals surface area contributed by atoms with E-state index in [9.17, 15) is 0 Å². The molecule has 0 spiro atoms. The second-order valence-electron chi connectivity index (χ2n) is 1.14. The number of rotatable bonds is 0. The smallest absolute Gasteiger partial charge is 0.211 e. The lowest BCUT2D eigenvalue weighted by Crippen LogP contribution is -1.70. The summed E-state index contributed by atoms with van der Waals surface area (Å²) in [7, 11) is 0. The Morgan fingerprint density at radius 3 is 2.25 bits per heavy atom. The van der Waals surface area contributed by atoms with Crippen LogP contribution in [-0.4, -0.2) is 6.61 Å². The molecule has 8 heavy (non-hydrogen) atoms. The summed E-state index contributed by atoms with van der Waals surface area (Å²) in [5, 5.41) is 0. The van der Waals surface area contributed by atoms with Gasteiger partial charge in [0.2, 0.25) is 4.91 Å². The molecule has 44 valence electrons. The lowest BCUT2D eigenvalue weighted by molar-refractivity contribution is 0.281. The van der Waals surface area contributed by atoms with Gasteiger partial charge in [0.1, 0.15) is 11.1 Å². The van der Waals surface area contributed by atoms with Crippen LogP contribution in [0.1, 0.15) is 6.42 Å². The lowest BCUT2D eigenvalue weighted by atomic mass is 10.5. The van der Waals surface area contributed by atoms with Crippen molar-refractivity contribution in [3.63, 3.8) is 0 Å². The summed E-state index contributed by atoms with van der Waals surface area (Å²) >= 11 is 0. The Morgan fingerprint density at radius 1 is 1.50 bits per heavy atom. The maximum absolute atomic E-state index is 5.50. The molecule has 0 aliphatic carbocycles. The first-order valence-corrected chi connectivity index (χ1v) is 2.21. The van der Waals surface area contributed by atoms with Gasteiger partial charge in [-0.2, -0.15) is 0 Å². The Balaban J connectivity index is 0.000000145. The Morgan fingerprint density at radius 2 is 2.12 bits per heavy atom. The number of hydrogen-bond acceptors (Lipinski definition) is 3. The third-order valence-electron chi connectivity index (χ3n) is 0.595. The average molecular weight is 114 g/mol. The molecule has 0 atom stereocenters. The predicted molar refractivity (Wildman–Crippen MR) is 27.3 cm³/mol. The first kappa shape index (κ1) is 6.85. The van der Waals surface area contributed by atoms with Gasteiger partial charge in [-0.25, -0.2) is 0 Å². The van der Waals surface area contributed by atoms with Crippen LogP contribution in [0.15, 0.2) is 12.3 Å². The molecule has 1 aliphatic heterocycles. The molecule has 0 amide bonds. The minimum Gasteiger partial charge on any atom is -0.501 e. The van der Waals surface area contributed by atoms with E-state index in [1.54, 1.807) is 6.26 Å². The van der Waals surface area contributed by atoms with Crippen LogP contribution in [0.2, 0.25) is 0 Å². The van der Waals surface area contributed by atoms with Gasteiger partial charge in [0, 0.05) is 6.42 Å². The molecule has 2 N–H and O–H groups in total. The summed E-state index contributed by atoms with van der Waals surface area (Å²) in [6, 6.07) is 0. The van der Waals surface area contributed by atoms with Crippen molar-refractivity contribution >= 4 is 0 Å². The van der Waals surface area contributed by atoms with Crippen LogP contribution in [0.3, 0.4) is 0 Å². The summed E-state index contributed by atoms with van der Waals surface area (Å²) in [4.78, 5) is 2.00. The van der Waals surface area contributed by atoms with Gasteiger partial charge in [-0.1, -0.05) is 0 Å². The normalized spacial score (nSPS) is 13.0. The van der Waals surface area contributed by atoms with Crippen LogP contribution in [0, 0.1) is 11.1 Å². The van der Waals surface area contributed by atoms with Gasteiger partial charge in [0.05, 0.1) is 12.9 Å². The zero-order valence-electron chi connectivity index (χ0n) is 4.42. The highest BCUT2D eigenvalue weighted by atomic mass is 16.5. The molecule has 0 fully saturated rings. The SMILES string of the molecule is C1=COCC1.N=[N+]=N. The first-order chi connectivity index (χ1) is 3.91. The number of ether oxygens (including phenoxy) is 1. The molecular weight excluding hydrogens is 106 g/mol.